The van der Waals surface area contributed by atoms with Crippen molar-refractivity contribution in [3.8, 4) is 0 Å². The van der Waals surface area contributed by atoms with Gasteiger partial charge in [-0.05, 0) is 24.9 Å². The van der Waals surface area contributed by atoms with Crippen molar-refractivity contribution in [3.63, 3.8) is 0 Å². The maximum atomic E-state index is 10.2. The van der Waals surface area contributed by atoms with Crippen molar-refractivity contribution in [1.82, 2.24) is 19.9 Å². The number of aromatic nitrogens is 3. The lowest BCUT2D eigenvalue weighted by Gasteiger charge is -2.42. The normalized spacial score (nSPS) is 22.0. The predicted octanol–water partition coefficient (Wildman–Crippen LogP) is 2.48. The number of hydrogen-bond donors (Lipinski definition) is 2. The predicted molar refractivity (Wildman–Crippen MR) is 93.6 cm³/mol. The third kappa shape index (κ3) is 2.70. The molecule has 5 heteroatoms. The van der Waals surface area contributed by atoms with Crippen LogP contribution >= 0.6 is 0 Å². The molecule has 0 saturated carbocycles. The van der Waals surface area contributed by atoms with Gasteiger partial charge in [-0.25, -0.2) is 4.98 Å². The first-order valence-corrected chi connectivity index (χ1v) is 8.46. The molecule has 3 heterocycles. The molecular formula is C19H22N4O. The van der Waals surface area contributed by atoms with Crippen LogP contribution in [0.3, 0.4) is 0 Å². The number of nitrogens with zero attached hydrogens (tertiary/aromatic N) is 3. The Balaban J connectivity index is 1.58. The fraction of sp³-hybridized carbons (Fsp3) is 0.368. The van der Waals surface area contributed by atoms with E-state index in [9.17, 15) is 5.11 Å². The highest BCUT2D eigenvalue weighted by atomic mass is 16.3. The van der Waals surface area contributed by atoms with E-state index in [1.54, 1.807) is 12.4 Å². The monoisotopic (exact) mass is 322 g/mol. The van der Waals surface area contributed by atoms with E-state index in [-0.39, 0.29) is 12.0 Å². The van der Waals surface area contributed by atoms with E-state index in [0.29, 0.717) is 0 Å². The maximum Gasteiger partial charge on any atom is 0.156 e. The third-order valence-electron chi connectivity index (χ3n) is 5.12. The van der Waals surface area contributed by atoms with Gasteiger partial charge in [-0.1, -0.05) is 30.3 Å². The molecule has 0 amide bonds. The Morgan fingerprint density at radius 1 is 1.17 bits per heavy atom. The average Bonchev–Trinajstić information content (AvgIpc) is 3.06. The summed E-state index contributed by atoms with van der Waals surface area (Å²) < 4.78 is 0. The molecular weight excluding hydrogens is 300 g/mol. The van der Waals surface area contributed by atoms with Crippen LogP contribution < -0.4 is 0 Å². The van der Waals surface area contributed by atoms with Gasteiger partial charge in [0.1, 0.15) is 5.52 Å². The first-order valence-electron chi connectivity index (χ1n) is 8.46. The quantitative estimate of drug-likeness (QED) is 0.774. The Kier molecular flexibility index (Phi) is 4.04. The lowest BCUT2D eigenvalue weighted by Crippen LogP contribution is -2.47. The molecule has 24 heavy (non-hydrogen) atoms. The highest BCUT2D eigenvalue weighted by molar-refractivity contribution is 5.74. The van der Waals surface area contributed by atoms with Gasteiger partial charge < -0.3 is 10.1 Å². The van der Waals surface area contributed by atoms with Crippen molar-refractivity contribution >= 4 is 11.2 Å². The number of H-pyrrole nitrogens is 1. The summed E-state index contributed by atoms with van der Waals surface area (Å²) in [7, 11) is 0. The topological polar surface area (TPSA) is 65.0 Å². The van der Waals surface area contributed by atoms with Gasteiger partial charge in [-0.3, -0.25) is 9.88 Å². The van der Waals surface area contributed by atoms with Crippen LogP contribution in [0.5, 0.6) is 0 Å². The van der Waals surface area contributed by atoms with Crippen LogP contribution in [0.15, 0.2) is 48.9 Å². The number of piperidine rings is 1. The second-order valence-electron chi connectivity index (χ2n) is 6.69. The summed E-state index contributed by atoms with van der Waals surface area (Å²) in [5, 5.41) is 10.2. The van der Waals surface area contributed by atoms with Crippen molar-refractivity contribution in [2.45, 2.75) is 24.8 Å². The summed E-state index contributed by atoms with van der Waals surface area (Å²) in [6.45, 7) is 2.91. The number of fused-ring (bicyclic) bond motifs is 1. The fourth-order valence-corrected chi connectivity index (χ4v) is 3.87. The number of aliphatic hydroxyl groups excluding tert-OH is 1. The van der Waals surface area contributed by atoms with Crippen LogP contribution in [-0.2, 0) is 12.0 Å². The second kappa shape index (κ2) is 6.34. The molecule has 1 aliphatic heterocycles. The minimum atomic E-state index is -0.169. The molecule has 4 rings (SSSR count). The van der Waals surface area contributed by atoms with Gasteiger partial charge in [0.2, 0.25) is 0 Å². The van der Waals surface area contributed by atoms with Gasteiger partial charge >= 0.3 is 0 Å². The number of rotatable bonds is 4. The summed E-state index contributed by atoms with van der Waals surface area (Å²) in [6, 6.07) is 10.4. The largest absolute Gasteiger partial charge is 0.395 e. The van der Waals surface area contributed by atoms with Gasteiger partial charge in [0.25, 0.3) is 0 Å². The molecule has 2 aromatic heterocycles. The van der Waals surface area contributed by atoms with Crippen LogP contribution in [-0.4, -0.2) is 44.7 Å². The minimum Gasteiger partial charge on any atom is -0.395 e. The lowest BCUT2D eigenvalue weighted by molar-refractivity contribution is 0.0852. The molecule has 0 aliphatic carbocycles. The van der Waals surface area contributed by atoms with E-state index < -0.39 is 0 Å². The average molecular weight is 322 g/mol. The molecule has 1 atom stereocenters. The standard InChI is InChI=1S/C19H22N4O/c24-14-19(16-5-2-1-3-6-16)7-4-10-23(13-19)12-15-11-22-18-17(15)20-8-9-21-18/h1-3,5-6,8-9,11,24H,4,7,10,12-14H2,(H,21,22). The highest BCUT2D eigenvalue weighted by Gasteiger charge is 2.36. The summed E-state index contributed by atoms with van der Waals surface area (Å²) in [5.41, 5.74) is 4.01. The van der Waals surface area contributed by atoms with Gasteiger partial charge in [-0.2, -0.15) is 0 Å². The van der Waals surface area contributed by atoms with Crippen molar-refractivity contribution in [2.75, 3.05) is 19.7 Å². The number of nitrogens with one attached hydrogen (secondary N) is 1. The molecule has 0 spiro atoms. The van der Waals surface area contributed by atoms with E-state index in [2.05, 4.69) is 44.1 Å². The first kappa shape index (κ1) is 15.3. The summed E-state index contributed by atoms with van der Waals surface area (Å²) in [4.78, 5) is 14.4. The maximum absolute atomic E-state index is 10.2. The molecule has 124 valence electrons. The lowest BCUT2D eigenvalue weighted by atomic mass is 9.74. The Labute approximate surface area is 141 Å². The fourth-order valence-electron chi connectivity index (χ4n) is 3.87. The molecule has 1 saturated heterocycles. The van der Waals surface area contributed by atoms with Gasteiger partial charge in [0.05, 0.1) is 6.61 Å². The second-order valence-corrected chi connectivity index (χ2v) is 6.69. The Morgan fingerprint density at radius 3 is 2.83 bits per heavy atom. The number of likely N-dealkylation sites (tertiary alicyclic amines) is 1. The molecule has 2 N–H and O–H groups in total. The van der Waals surface area contributed by atoms with E-state index in [4.69, 9.17) is 0 Å². The number of aliphatic hydroxyl groups is 1. The molecule has 0 radical (unpaired) electrons. The van der Waals surface area contributed by atoms with Crippen molar-refractivity contribution in [3.05, 3.63) is 60.0 Å². The smallest absolute Gasteiger partial charge is 0.156 e. The van der Waals surface area contributed by atoms with Crippen LogP contribution in [0.4, 0.5) is 0 Å². The zero-order valence-corrected chi connectivity index (χ0v) is 13.7. The Bertz CT molecular complexity index is 816. The summed E-state index contributed by atoms with van der Waals surface area (Å²) >= 11 is 0. The number of aromatic amines is 1. The number of benzene rings is 1. The zero-order chi connectivity index (χ0) is 16.4. The van der Waals surface area contributed by atoms with Crippen molar-refractivity contribution in [2.24, 2.45) is 0 Å². The SMILES string of the molecule is OCC1(c2ccccc2)CCCN(Cc2c[nH]c3nccnc23)C1. The molecule has 0 bridgehead atoms. The molecule has 1 aliphatic rings. The van der Waals surface area contributed by atoms with Crippen molar-refractivity contribution < 1.29 is 5.11 Å². The summed E-state index contributed by atoms with van der Waals surface area (Å²) in [6.07, 6.45) is 7.55. The highest BCUT2D eigenvalue weighted by Crippen LogP contribution is 2.34. The Hall–Kier alpha value is -2.24. The van der Waals surface area contributed by atoms with Gasteiger partial charge in [-0.15, -0.1) is 0 Å². The summed E-state index contributed by atoms with van der Waals surface area (Å²) in [5.74, 6) is 0. The third-order valence-corrected chi connectivity index (χ3v) is 5.12. The minimum absolute atomic E-state index is 0.169. The van der Waals surface area contributed by atoms with Crippen molar-refractivity contribution in [1.29, 1.82) is 0 Å². The number of hydrogen-bond acceptors (Lipinski definition) is 4. The van der Waals surface area contributed by atoms with Gasteiger partial charge in [0, 0.05) is 42.7 Å². The van der Waals surface area contributed by atoms with Crippen LogP contribution in [0.25, 0.3) is 11.2 Å². The van der Waals surface area contributed by atoms with E-state index in [0.717, 1.165) is 43.6 Å². The molecule has 3 aromatic rings. The van der Waals surface area contributed by atoms with Crippen LogP contribution in [0, 0.1) is 0 Å². The van der Waals surface area contributed by atoms with E-state index >= 15 is 0 Å². The Morgan fingerprint density at radius 2 is 2.00 bits per heavy atom. The molecule has 5 nitrogen and oxygen atoms in total. The zero-order valence-electron chi connectivity index (χ0n) is 13.7. The molecule has 1 aromatic carbocycles. The first-order chi connectivity index (χ1) is 11.8. The van der Waals surface area contributed by atoms with Crippen LogP contribution in [0.1, 0.15) is 24.0 Å². The van der Waals surface area contributed by atoms with E-state index in [1.165, 1.54) is 11.1 Å². The van der Waals surface area contributed by atoms with Gasteiger partial charge in [0.15, 0.2) is 5.65 Å². The molecule has 1 unspecified atom stereocenters. The van der Waals surface area contributed by atoms with E-state index in [1.807, 2.05) is 12.3 Å². The molecule has 1 fully saturated rings. The van der Waals surface area contributed by atoms with Crippen LogP contribution in [0.2, 0.25) is 0 Å².